The first kappa shape index (κ1) is 16.9. The number of hydrogen-bond acceptors (Lipinski definition) is 6. The van der Waals surface area contributed by atoms with Gasteiger partial charge in [-0.3, -0.25) is 5.41 Å². The lowest BCUT2D eigenvalue weighted by molar-refractivity contribution is 0.248. The van der Waals surface area contributed by atoms with Crippen molar-refractivity contribution in [1.29, 1.82) is 5.41 Å². The van der Waals surface area contributed by atoms with Gasteiger partial charge >= 0.3 is 0 Å². The fourth-order valence-corrected chi connectivity index (χ4v) is 3.29. The summed E-state index contributed by atoms with van der Waals surface area (Å²) < 4.78 is 5.16. The topological polar surface area (TPSA) is 126 Å². The summed E-state index contributed by atoms with van der Waals surface area (Å²) >= 11 is 0. The van der Waals surface area contributed by atoms with E-state index in [-0.39, 0.29) is 22.9 Å². The molecule has 2 heterocycles. The molecule has 27 heavy (non-hydrogen) atoms. The predicted octanol–water partition coefficient (Wildman–Crippen LogP) is 2.40. The number of para-hydroxylation sites is 2. The van der Waals surface area contributed by atoms with Crippen molar-refractivity contribution in [2.75, 3.05) is 18.6 Å². The van der Waals surface area contributed by atoms with Gasteiger partial charge in [0.1, 0.15) is 35.0 Å². The molecular weight excluding hydrogens is 348 g/mol. The average Bonchev–Trinajstić information content (AvgIpc) is 3.18. The van der Waals surface area contributed by atoms with E-state index in [1.54, 1.807) is 6.07 Å². The number of nitrogens with zero attached hydrogens (tertiary/aromatic N) is 2. The lowest BCUT2D eigenvalue weighted by Gasteiger charge is -2.26. The molecule has 8 nitrogen and oxygen atoms in total. The number of phenolic OH excluding ortho intramolecular Hbond substituents is 1. The maximum Gasteiger partial charge on any atom is 0.145 e. The number of hydrogen-bond donors (Lipinski definition) is 5. The largest absolute Gasteiger partial charge is 0.509 e. The Hall–Kier alpha value is -3.52. The first-order valence-corrected chi connectivity index (χ1v) is 8.28. The number of aliphatic hydroxyl groups excluding tert-OH is 2. The molecule has 1 aliphatic heterocycles. The first-order valence-electron chi connectivity index (χ1n) is 8.28. The van der Waals surface area contributed by atoms with Crippen molar-refractivity contribution in [2.24, 2.45) is 0 Å². The minimum atomic E-state index is -0.868. The Kier molecular flexibility index (Phi) is 3.97. The Labute approximate surface area is 154 Å². The van der Waals surface area contributed by atoms with Gasteiger partial charge in [-0.25, -0.2) is 4.98 Å². The quantitative estimate of drug-likeness (QED) is 0.483. The molecule has 1 aliphatic rings. The number of aromatic nitrogens is 2. The van der Waals surface area contributed by atoms with Gasteiger partial charge < -0.3 is 29.9 Å². The third-order valence-electron chi connectivity index (χ3n) is 4.55. The summed E-state index contributed by atoms with van der Waals surface area (Å²) in [7, 11) is 1.47. The van der Waals surface area contributed by atoms with Crippen LogP contribution in [0.15, 0.2) is 48.2 Å². The van der Waals surface area contributed by atoms with Crippen LogP contribution < -0.4 is 9.64 Å². The van der Waals surface area contributed by atoms with Crippen molar-refractivity contribution in [2.45, 2.75) is 6.04 Å². The van der Waals surface area contributed by atoms with Gasteiger partial charge in [0.2, 0.25) is 0 Å². The van der Waals surface area contributed by atoms with E-state index in [2.05, 4.69) is 9.97 Å². The zero-order valence-corrected chi connectivity index (χ0v) is 14.5. The molecular formula is C19H18N4O4. The molecule has 4 rings (SSSR count). The van der Waals surface area contributed by atoms with Crippen LogP contribution in [-0.2, 0) is 0 Å². The van der Waals surface area contributed by atoms with Crippen LogP contribution in [0.4, 0.5) is 5.69 Å². The van der Waals surface area contributed by atoms with E-state index in [0.717, 1.165) is 5.52 Å². The maximum absolute atomic E-state index is 10.7. The van der Waals surface area contributed by atoms with Gasteiger partial charge in [-0.1, -0.05) is 12.1 Å². The molecule has 0 bridgehead atoms. The summed E-state index contributed by atoms with van der Waals surface area (Å²) in [4.78, 5) is 8.97. The second-order valence-corrected chi connectivity index (χ2v) is 6.17. The third-order valence-corrected chi connectivity index (χ3v) is 4.55. The van der Waals surface area contributed by atoms with Crippen LogP contribution in [0.2, 0.25) is 0 Å². The SMILES string of the molecule is COc1cc(O)cc(N2C(=N)C(c3nc4ccccc4[nH]3)=C(O)C2CO)c1. The molecule has 1 unspecified atom stereocenters. The minimum Gasteiger partial charge on any atom is -0.509 e. The summed E-state index contributed by atoms with van der Waals surface area (Å²) in [5.74, 6) is 0.477. The molecule has 0 fully saturated rings. The third kappa shape index (κ3) is 2.67. The molecule has 0 spiro atoms. The van der Waals surface area contributed by atoms with Crippen molar-refractivity contribution >= 4 is 28.1 Å². The number of nitrogens with one attached hydrogen (secondary N) is 2. The highest BCUT2D eigenvalue weighted by molar-refractivity contribution is 6.31. The van der Waals surface area contributed by atoms with E-state index in [0.29, 0.717) is 22.8 Å². The zero-order valence-electron chi connectivity index (χ0n) is 14.5. The highest BCUT2D eigenvalue weighted by Gasteiger charge is 2.39. The average molecular weight is 366 g/mol. The Balaban J connectivity index is 1.81. The second kappa shape index (κ2) is 6.33. The molecule has 2 aromatic carbocycles. The number of phenols is 1. The Morgan fingerprint density at radius 2 is 2.00 bits per heavy atom. The number of anilines is 1. The number of methoxy groups -OCH3 is 1. The van der Waals surface area contributed by atoms with Crippen LogP contribution in [0.3, 0.4) is 0 Å². The zero-order chi connectivity index (χ0) is 19.1. The summed E-state index contributed by atoms with van der Waals surface area (Å²) in [5.41, 5.74) is 2.10. The number of rotatable bonds is 4. The van der Waals surface area contributed by atoms with Gasteiger partial charge in [-0.2, -0.15) is 0 Å². The molecule has 138 valence electrons. The van der Waals surface area contributed by atoms with Crippen LogP contribution in [0.25, 0.3) is 16.6 Å². The number of fused-ring (bicyclic) bond motifs is 1. The van der Waals surface area contributed by atoms with E-state index < -0.39 is 12.6 Å². The normalized spacial score (nSPS) is 17.2. The van der Waals surface area contributed by atoms with Crippen molar-refractivity contribution in [3.63, 3.8) is 0 Å². The van der Waals surface area contributed by atoms with E-state index in [1.807, 2.05) is 24.3 Å². The van der Waals surface area contributed by atoms with Crippen molar-refractivity contribution < 1.29 is 20.1 Å². The molecule has 0 radical (unpaired) electrons. The minimum absolute atomic E-state index is 0.0433. The molecule has 0 saturated carbocycles. The monoisotopic (exact) mass is 366 g/mol. The number of aromatic hydroxyl groups is 1. The van der Waals surface area contributed by atoms with Gasteiger partial charge in [0.05, 0.1) is 36.0 Å². The number of H-pyrrole nitrogens is 1. The van der Waals surface area contributed by atoms with Crippen molar-refractivity contribution in [3.8, 4) is 11.5 Å². The van der Waals surface area contributed by atoms with Crippen molar-refractivity contribution in [3.05, 3.63) is 54.0 Å². The van der Waals surface area contributed by atoms with Crippen LogP contribution in [0.5, 0.6) is 11.5 Å². The van der Waals surface area contributed by atoms with Crippen LogP contribution in [-0.4, -0.2) is 50.9 Å². The molecule has 0 amide bonds. The molecule has 1 aromatic heterocycles. The summed E-state index contributed by atoms with van der Waals surface area (Å²) in [5, 5.41) is 39.1. The molecule has 3 aromatic rings. The summed E-state index contributed by atoms with van der Waals surface area (Å²) in [6.45, 7) is -0.421. The van der Waals surface area contributed by atoms with Gasteiger partial charge in [0.25, 0.3) is 0 Å². The molecule has 8 heteroatoms. The highest BCUT2D eigenvalue weighted by Crippen LogP contribution is 2.37. The Morgan fingerprint density at radius 1 is 1.22 bits per heavy atom. The lowest BCUT2D eigenvalue weighted by atomic mass is 10.2. The fourth-order valence-electron chi connectivity index (χ4n) is 3.29. The van der Waals surface area contributed by atoms with E-state index in [1.165, 1.54) is 24.1 Å². The van der Waals surface area contributed by atoms with Crippen molar-refractivity contribution in [1.82, 2.24) is 9.97 Å². The second-order valence-electron chi connectivity index (χ2n) is 6.17. The predicted molar refractivity (Wildman–Crippen MR) is 101 cm³/mol. The number of benzene rings is 2. The number of aliphatic hydroxyl groups is 2. The van der Waals surface area contributed by atoms with Gasteiger partial charge in [0.15, 0.2) is 0 Å². The smallest absolute Gasteiger partial charge is 0.145 e. The van der Waals surface area contributed by atoms with E-state index in [9.17, 15) is 15.3 Å². The Morgan fingerprint density at radius 3 is 2.70 bits per heavy atom. The first-order chi connectivity index (χ1) is 13.0. The van der Waals surface area contributed by atoms with E-state index in [4.69, 9.17) is 10.1 Å². The number of aromatic amines is 1. The number of imidazole rings is 1. The summed E-state index contributed by atoms with van der Waals surface area (Å²) in [6, 6.07) is 11.0. The highest BCUT2D eigenvalue weighted by atomic mass is 16.5. The lowest BCUT2D eigenvalue weighted by Crippen LogP contribution is -2.37. The molecule has 0 aliphatic carbocycles. The molecule has 0 saturated heterocycles. The van der Waals surface area contributed by atoms with Gasteiger partial charge in [-0.15, -0.1) is 0 Å². The standard InChI is InChI=1S/C19H18N4O4/c1-27-12-7-10(6-11(25)8-12)23-15(9-24)17(26)16(18(23)20)19-21-13-4-2-3-5-14(13)22-19/h2-8,15,20,24-26H,9H2,1H3,(H,21,22). The fraction of sp³-hybridized carbons (Fsp3) is 0.158. The Bertz CT molecular complexity index is 1040. The van der Waals surface area contributed by atoms with Gasteiger partial charge in [-0.05, 0) is 12.1 Å². The number of amidine groups is 1. The molecule has 5 N–H and O–H groups in total. The van der Waals surface area contributed by atoms with E-state index >= 15 is 0 Å². The van der Waals surface area contributed by atoms with Gasteiger partial charge in [0, 0.05) is 18.2 Å². The van der Waals surface area contributed by atoms with Crippen LogP contribution in [0, 0.1) is 5.41 Å². The summed E-state index contributed by atoms with van der Waals surface area (Å²) in [6.07, 6.45) is 0. The maximum atomic E-state index is 10.7. The van der Waals surface area contributed by atoms with Crippen LogP contribution in [0.1, 0.15) is 5.82 Å². The van der Waals surface area contributed by atoms with Crippen LogP contribution >= 0.6 is 0 Å². The molecule has 1 atom stereocenters. The number of ether oxygens (including phenoxy) is 1.